The first-order valence-corrected chi connectivity index (χ1v) is 10.3. The second-order valence-corrected chi connectivity index (χ2v) is 7.56. The predicted octanol–water partition coefficient (Wildman–Crippen LogP) is 4.13. The molecule has 0 aliphatic heterocycles. The molecule has 0 saturated heterocycles. The van der Waals surface area contributed by atoms with E-state index in [2.05, 4.69) is 10.3 Å². The van der Waals surface area contributed by atoms with E-state index in [-0.39, 0.29) is 12.5 Å². The van der Waals surface area contributed by atoms with Gasteiger partial charge in [0.2, 0.25) is 5.91 Å². The first kappa shape index (κ1) is 21.2. The summed E-state index contributed by atoms with van der Waals surface area (Å²) in [6.45, 7) is 0.129. The van der Waals surface area contributed by atoms with Crippen molar-refractivity contribution in [3.8, 4) is 0 Å². The third-order valence-corrected chi connectivity index (χ3v) is 5.51. The molecule has 6 heteroatoms. The molecule has 1 amide bonds. The fraction of sp³-hybridized carbons (Fsp3) is 0.115. The minimum atomic E-state index is -0.927. The van der Waals surface area contributed by atoms with Gasteiger partial charge in [-0.05, 0) is 40.3 Å². The van der Waals surface area contributed by atoms with E-state index < -0.39 is 17.8 Å². The molecule has 2 atom stereocenters. The zero-order chi connectivity index (χ0) is 22.5. The fourth-order valence-corrected chi connectivity index (χ4v) is 3.83. The summed E-state index contributed by atoms with van der Waals surface area (Å²) in [7, 11) is 0. The Morgan fingerprint density at radius 2 is 1.56 bits per heavy atom. The molecule has 0 saturated carbocycles. The van der Waals surface area contributed by atoms with Crippen molar-refractivity contribution in [2.45, 2.75) is 11.8 Å². The van der Waals surface area contributed by atoms with Crippen molar-refractivity contribution in [3.05, 3.63) is 108 Å². The Kier molecular flexibility index (Phi) is 6.24. The fourth-order valence-electron chi connectivity index (χ4n) is 3.83. The molecule has 1 heterocycles. The molecule has 4 aromatic rings. The first-order chi connectivity index (χ1) is 15.6. The lowest BCUT2D eigenvalue weighted by Gasteiger charge is -2.18. The van der Waals surface area contributed by atoms with Crippen molar-refractivity contribution in [1.82, 2.24) is 4.98 Å². The molecule has 3 aromatic carbocycles. The molecule has 4 rings (SSSR count). The van der Waals surface area contributed by atoms with Crippen LogP contribution in [0.3, 0.4) is 0 Å². The van der Waals surface area contributed by atoms with Crippen molar-refractivity contribution in [2.75, 3.05) is 11.9 Å². The number of rotatable bonds is 7. The standard InChI is InChI=1S/C26H23N3O3/c27-15-23(25(30)29-22-11-10-21-16-28-13-12-20(21)14-22)17-6-8-19(9-7-17)24(26(31)32)18-4-2-1-3-5-18/h1-14,16,23-24H,15,27H2,(H,29,30)(H,31,32). The van der Waals surface area contributed by atoms with Gasteiger partial charge in [0, 0.05) is 30.0 Å². The Hall–Kier alpha value is -4.03. The number of nitrogens with zero attached hydrogens (tertiary/aromatic N) is 1. The summed E-state index contributed by atoms with van der Waals surface area (Å²) < 4.78 is 0. The Morgan fingerprint density at radius 1 is 0.875 bits per heavy atom. The number of hydrogen-bond donors (Lipinski definition) is 3. The molecule has 4 N–H and O–H groups in total. The number of benzene rings is 3. The van der Waals surface area contributed by atoms with E-state index in [1.165, 1.54) is 0 Å². The van der Waals surface area contributed by atoms with Gasteiger partial charge in [0.25, 0.3) is 0 Å². The van der Waals surface area contributed by atoms with Crippen LogP contribution < -0.4 is 11.1 Å². The number of nitrogens with one attached hydrogen (secondary N) is 1. The molecular formula is C26H23N3O3. The Labute approximate surface area is 185 Å². The summed E-state index contributed by atoms with van der Waals surface area (Å²) in [4.78, 5) is 28.9. The van der Waals surface area contributed by atoms with Gasteiger partial charge in [-0.25, -0.2) is 0 Å². The van der Waals surface area contributed by atoms with Crippen molar-refractivity contribution in [2.24, 2.45) is 5.73 Å². The lowest BCUT2D eigenvalue weighted by molar-refractivity contribution is -0.137. The quantitative estimate of drug-likeness (QED) is 0.413. The highest BCUT2D eigenvalue weighted by molar-refractivity contribution is 5.98. The van der Waals surface area contributed by atoms with Gasteiger partial charge in [-0.2, -0.15) is 0 Å². The second-order valence-electron chi connectivity index (χ2n) is 7.56. The maximum atomic E-state index is 12.9. The second kappa shape index (κ2) is 9.41. The van der Waals surface area contributed by atoms with Crippen molar-refractivity contribution in [3.63, 3.8) is 0 Å². The van der Waals surface area contributed by atoms with E-state index in [9.17, 15) is 14.7 Å². The van der Waals surface area contributed by atoms with Crippen LogP contribution in [0.2, 0.25) is 0 Å². The third-order valence-electron chi connectivity index (χ3n) is 5.51. The topological polar surface area (TPSA) is 105 Å². The number of carboxylic acids is 1. The Bertz CT molecular complexity index is 1240. The highest BCUT2D eigenvalue weighted by atomic mass is 16.4. The summed E-state index contributed by atoms with van der Waals surface area (Å²) in [6, 6.07) is 23.6. The molecule has 0 bridgehead atoms. The van der Waals surface area contributed by atoms with Crippen molar-refractivity contribution >= 4 is 28.3 Å². The average Bonchev–Trinajstić information content (AvgIpc) is 2.81. The lowest BCUT2D eigenvalue weighted by Crippen LogP contribution is -2.27. The largest absolute Gasteiger partial charge is 0.481 e. The van der Waals surface area contributed by atoms with Crippen LogP contribution in [0.1, 0.15) is 28.5 Å². The molecule has 160 valence electrons. The number of carboxylic acid groups (broad SMARTS) is 1. The highest BCUT2D eigenvalue weighted by Gasteiger charge is 2.24. The minimum absolute atomic E-state index is 0.129. The number of anilines is 1. The Balaban J connectivity index is 1.54. The number of carbonyl (C=O) groups is 2. The number of amides is 1. The molecule has 0 fully saturated rings. The average molecular weight is 425 g/mol. The van der Waals surface area contributed by atoms with Crippen molar-refractivity contribution < 1.29 is 14.7 Å². The summed E-state index contributed by atoms with van der Waals surface area (Å²) in [6.07, 6.45) is 3.48. The summed E-state index contributed by atoms with van der Waals surface area (Å²) in [5.41, 5.74) is 8.68. The number of fused-ring (bicyclic) bond motifs is 1. The maximum absolute atomic E-state index is 12.9. The van der Waals surface area contributed by atoms with E-state index >= 15 is 0 Å². The van der Waals surface area contributed by atoms with Gasteiger partial charge < -0.3 is 16.2 Å². The molecule has 0 aliphatic carbocycles. The Morgan fingerprint density at radius 3 is 2.25 bits per heavy atom. The SMILES string of the molecule is NCC(C(=O)Nc1ccc2cnccc2c1)c1ccc(C(C(=O)O)c2ccccc2)cc1. The van der Waals surface area contributed by atoms with Crippen LogP contribution in [0.4, 0.5) is 5.69 Å². The number of nitrogens with two attached hydrogens (primary N) is 1. The van der Waals surface area contributed by atoms with Crippen LogP contribution in [-0.4, -0.2) is 28.5 Å². The molecule has 0 spiro atoms. The number of carbonyl (C=O) groups excluding carboxylic acids is 1. The molecule has 1 aromatic heterocycles. The summed E-state index contributed by atoms with van der Waals surface area (Å²) in [5, 5.41) is 14.6. The van der Waals surface area contributed by atoms with Crippen molar-refractivity contribution in [1.29, 1.82) is 0 Å². The first-order valence-electron chi connectivity index (χ1n) is 10.3. The van der Waals surface area contributed by atoms with Gasteiger partial charge in [0.05, 0.1) is 5.92 Å². The van der Waals surface area contributed by atoms with Crippen LogP contribution >= 0.6 is 0 Å². The number of pyridine rings is 1. The number of hydrogen-bond acceptors (Lipinski definition) is 4. The monoisotopic (exact) mass is 425 g/mol. The zero-order valence-corrected chi connectivity index (χ0v) is 17.3. The molecule has 32 heavy (non-hydrogen) atoms. The van der Waals surface area contributed by atoms with E-state index in [1.807, 2.05) is 42.5 Å². The van der Waals surface area contributed by atoms with Gasteiger partial charge in [-0.3, -0.25) is 14.6 Å². The molecular weight excluding hydrogens is 402 g/mol. The zero-order valence-electron chi connectivity index (χ0n) is 17.3. The van der Waals surface area contributed by atoms with E-state index in [0.717, 1.165) is 16.3 Å². The normalized spacial score (nSPS) is 12.8. The number of aliphatic carboxylic acids is 1. The van der Waals surface area contributed by atoms with Crippen LogP contribution in [0.25, 0.3) is 10.8 Å². The predicted molar refractivity (Wildman–Crippen MR) is 125 cm³/mol. The van der Waals surface area contributed by atoms with Crippen LogP contribution in [0.5, 0.6) is 0 Å². The molecule has 0 radical (unpaired) electrons. The van der Waals surface area contributed by atoms with Crippen LogP contribution in [0.15, 0.2) is 91.3 Å². The van der Waals surface area contributed by atoms with E-state index in [0.29, 0.717) is 16.8 Å². The van der Waals surface area contributed by atoms with Gasteiger partial charge in [0.15, 0.2) is 0 Å². The maximum Gasteiger partial charge on any atom is 0.315 e. The summed E-state index contributed by atoms with van der Waals surface area (Å²) >= 11 is 0. The smallest absolute Gasteiger partial charge is 0.315 e. The lowest BCUT2D eigenvalue weighted by atomic mass is 9.89. The van der Waals surface area contributed by atoms with Crippen LogP contribution in [0, 0.1) is 0 Å². The van der Waals surface area contributed by atoms with Gasteiger partial charge in [0.1, 0.15) is 5.92 Å². The van der Waals surface area contributed by atoms with Gasteiger partial charge in [-0.1, -0.05) is 60.7 Å². The summed E-state index contributed by atoms with van der Waals surface area (Å²) in [5.74, 6) is -2.48. The van der Waals surface area contributed by atoms with Gasteiger partial charge >= 0.3 is 5.97 Å². The van der Waals surface area contributed by atoms with E-state index in [1.54, 1.807) is 48.8 Å². The van der Waals surface area contributed by atoms with E-state index in [4.69, 9.17) is 5.73 Å². The minimum Gasteiger partial charge on any atom is -0.481 e. The van der Waals surface area contributed by atoms with Gasteiger partial charge in [-0.15, -0.1) is 0 Å². The van der Waals surface area contributed by atoms with Crippen LogP contribution in [-0.2, 0) is 9.59 Å². The highest BCUT2D eigenvalue weighted by Crippen LogP contribution is 2.27. The molecule has 0 aliphatic rings. The third kappa shape index (κ3) is 4.50. The number of aromatic nitrogens is 1. The molecule has 2 unspecified atom stereocenters. The molecule has 6 nitrogen and oxygen atoms in total.